The second-order valence-corrected chi connectivity index (χ2v) is 7.85. The molecule has 7 nitrogen and oxygen atoms in total. The molecule has 1 spiro atoms. The summed E-state index contributed by atoms with van der Waals surface area (Å²) in [4.78, 5) is 30.0. The van der Waals surface area contributed by atoms with E-state index in [-0.39, 0.29) is 11.8 Å². The van der Waals surface area contributed by atoms with Gasteiger partial charge in [-0.1, -0.05) is 12.1 Å². The number of piperidine rings is 1. The Morgan fingerprint density at radius 2 is 2.18 bits per heavy atom. The SMILES string of the molecule is COc1cccc(CN2CCCC3(CCN(C(=O)c4cn[nH]c4C)C3)C2=O)c1. The van der Waals surface area contributed by atoms with Gasteiger partial charge >= 0.3 is 0 Å². The minimum absolute atomic E-state index is 0.0409. The number of aromatic amines is 1. The number of carbonyl (C=O) groups excluding carboxylic acids is 2. The molecule has 2 aliphatic rings. The third-order valence-corrected chi connectivity index (χ3v) is 6.03. The maximum atomic E-state index is 13.4. The van der Waals surface area contributed by atoms with Crippen LogP contribution >= 0.6 is 0 Å². The van der Waals surface area contributed by atoms with E-state index in [4.69, 9.17) is 4.74 Å². The average molecular weight is 382 g/mol. The zero-order valence-electron chi connectivity index (χ0n) is 16.4. The van der Waals surface area contributed by atoms with E-state index in [0.29, 0.717) is 25.2 Å². The highest BCUT2D eigenvalue weighted by atomic mass is 16.5. The van der Waals surface area contributed by atoms with Crippen molar-refractivity contribution in [1.82, 2.24) is 20.0 Å². The zero-order chi connectivity index (χ0) is 19.7. The van der Waals surface area contributed by atoms with Crippen LogP contribution in [0.4, 0.5) is 0 Å². The first-order chi connectivity index (χ1) is 13.5. The van der Waals surface area contributed by atoms with Crippen LogP contribution in [0.2, 0.25) is 0 Å². The molecule has 0 aliphatic carbocycles. The van der Waals surface area contributed by atoms with Gasteiger partial charge in [0.1, 0.15) is 5.75 Å². The summed E-state index contributed by atoms with van der Waals surface area (Å²) in [5, 5.41) is 6.76. The van der Waals surface area contributed by atoms with Crippen LogP contribution in [0.1, 0.15) is 40.9 Å². The van der Waals surface area contributed by atoms with Gasteiger partial charge in [-0.3, -0.25) is 14.7 Å². The average Bonchev–Trinajstić information content (AvgIpc) is 3.32. The molecule has 2 fully saturated rings. The lowest BCUT2D eigenvalue weighted by Gasteiger charge is -2.39. The molecule has 1 atom stereocenters. The Morgan fingerprint density at radius 3 is 2.93 bits per heavy atom. The summed E-state index contributed by atoms with van der Waals surface area (Å²) >= 11 is 0. The molecule has 1 aromatic carbocycles. The van der Waals surface area contributed by atoms with Crippen molar-refractivity contribution in [1.29, 1.82) is 0 Å². The van der Waals surface area contributed by atoms with Gasteiger partial charge in [0.25, 0.3) is 5.91 Å². The van der Waals surface area contributed by atoms with Crippen LogP contribution in [-0.2, 0) is 11.3 Å². The first-order valence-corrected chi connectivity index (χ1v) is 9.74. The standard InChI is InChI=1S/C21H26N4O3/c1-15-18(12-22-23-15)19(26)25-10-8-21(14-25)7-4-9-24(20(21)27)13-16-5-3-6-17(11-16)28-2/h3,5-6,11-12H,4,7-10,13-14H2,1-2H3,(H,22,23). The third kappa shape index (κ3) is 3.25. The number of likely N-dealkylation sites (tertiary alicyclic amines) is 2. The normalized spacial score (nSPS) is 22.1. The number of aryl methyl sites for hydroxylation is 1. The monoisotopic (exact) mass is 382 g/mol. The van der Waals surface area contributed by atoms with Gasteiger partial charge in [-0.15, -0.1) is 0 Å². The summed E-state index contributed by atoms with van der Waals surface area (Å²) in [5.74, 6) is 0.923. The van der Waals surface area contributed by atoms with Crippen molar-refractivity contribution in [3.05, 3.63) is 47.3 Å². The Hall–Kier alpha value is -2.83. The number of H-pyrrole nitrogens is 1. The zero-order valence-corrected chi connectivity index (χ0v) is 16.4. The summed E-state index contributed by atoms with van der Waals surface area (Å²) < 4.78 is 5.29. The van der Waals surface area contributed by atoms with Crippen molar-refractivity contribution in [3.63, 3.8) is 0 Å². The van der Waals surface area contributed by atoms with Gasteiger partial charge in [0, 0.05) is 31.9 Å². The molecule has 2 aliphatic heterocycles. The first kappa shape index (κ1) is 18.5. The van der Waals surface area contributed by atoms with Crippen molar-refractivity contribution in [3.8, 4) is 5.75 Å². The Labute approximate surface area is 164 Å². The van der Waals surface area contributed by atoms with E-state index < -0.39 is 5.41 Å². The largest absolute Gasteiger partial charge is 0.497 e. The minimum atomic E-state index is -0.454. The number of nitrogens with one attached hydrogen (secondary N) is 1. The maximum Gasteiger partial charge on any atom is 0.257 e. The maximum absolute atomic E-state index is 13.4. The van der Waals surface area contributed by atoms with Crippen LogP contribution < -0.4 is 4.74 Å². The third-order valence-electron chi connectivity index (χ3n) is 6.03. The van der Waals surface area contributed by atoms with Crippen LogP contribution in [0.25, 0.3) is 0 Å². The summed E-state index contributed by atoms with van der Waals surface area (Å²) in [5.41, 5.74) is 1.96. The van der Waals surface area contributed by atoms with Crippen molar-refractivity contribution in [2.24, 2.45) is 5.41 Å². The van der Waals surface area contributed by atoms with Crippen LogP contribution in [0.15, 0.2) is 30.5 Å². The Kier molecular flexibility index (Phi) is 4.83. The highest BCUT2D eigenvalue weighted by Crippen LogP contribution is 2.41. The van der Waals surface area contributed by atoms with Crippen LogP contribution in [-0.4, -0.2) is 58.6 Å². The Balaban J connectivity index is 1.48. The number of rotatable bonds is 4. The summed E-state index contributed by atoms with van der Waals surface area (Å²) in [6.07, 6.45) is 4.10. The van der Waals surface area contributed by atoms with Crippen LogP contribution in [0.3, 0.4) is 0 Å². The topological polar surface area (TPSA) is 78.5 Å². The molecule has 2 amide bonds. The molecule has 0 radical (unpaired) electrons. The molecule has 1 unspecified atom stereocenters. The van der Waals surface area contributed by atoms with E-state index in [2.05, 4.69) is 10.2 Å². The van der Waals surface area contributed by atoms with Gasteiger partial charge < -0.3 is 14.5 Å². The molecular weight excluding hydrogens is 356 g/mol. The number of hydrogen-bond acceptors (Lipinski definition) is 4. The molecule has 7 heteroatoms. The highest BCUT2D eigenvalue weighted by Gasteiger charge is 2.49. The van der Waals surface area contributed by atoms with Gasteiger partial charge in [-0.2, -0.15) is 5.10 Å². The van der Waals surface area contributed by atoms with E-state index in [1.807, 2.05) is 41.0 Å². The number of nitrogens with zero attached hydrogens (tertiary/aromatic N) is 3. The van der Waals surface area contributed by atoms with Gasteiger partial charge in [0.2, 0.25) is 5.91 Å². The van der Waals surface area contributed by atoms with E-state index in [0.717, 1.165) is 42.8 Å². The fourth-order valence-corrected chi connectivity index (χ4v) is 4.46. The quantitative estimate of drug-likeness (QED) is 0.881. The summed E-state index contributed by atoms with van der Waals surface area (Å²) in [6, 6.07) is 7.84. The number of carbonyl (C=O) groups is 2. The molecule has 1 aromatic heterocycles. The smallest absolute Gasteiger partial charge is 0.257 e. The molecule has 3 heterocycles. The number of methoxy groups -OCH3 is 1. The van der Waals surface area contributed by atoms with Crippen molar-refractivity contribution in [2.75, 3.05) is 26.7 Å². The first-order valence-electron chi connectivity index (χ1n) is 9.74. The van der Waals surface area contributed by atoms with Gasteiger partial charge in [0.15, 0.2) is 0 Å². The molecule has 1 N–H and O–H groups in total. The highest BCUT2D eigenvalue weighted by molar-refractivity contribution is 5.96. The van der Waals surface area contributed by atoms with Crippen molar-refractivity contribution < 1.29 is 14.3 Å². The Bertz CT molecular complexity index is 893. The van der Waals surface area contributed by atoms with Crippen LogP contribution in [0, 0.1) is 12.3 Å². The molecule has 2 saturated heterocycles. The number of aromatic nitrogens is 2. The van der Waals surface area contributed by atoms with Gasteiger partial charge in [-0.05, 0) is 43.9 Å². The summed E-state index contributed by atoms with van der Waals surface area (Å²) in [7, 11) is 1.64. The molecule has 0 saturated carbocycles. The Morgan fingerprint density at radius 1 is 1.32 bits per heavy atom. The molecular formula is C21H26N4O3. The lowest BCUT2D eigenvalue weighted by molar-refractivity contribution is -0.146. The lowest BCUT2D eigenvalue weighted by atomic mass is 9.78. The molecule has 28 heavy (non-hydrogen) atoms. The second kappa shape index (κ2) is 7.30. The van der Waals surface area contributed by atoms with E-state index in [1.54, 1.807) is 13.3 Å². The molecule has 2 aromatic rings. The lowest BCUT2D eigenvalue weighted by Crippen LogP contribution is -2.50. The van der Waals surface area contributed by atoms with Gasteiger partial charge in [-0.25, -0.2) is 0 Å². The number of hydrogen-bond donors (Lipinski definition) is 1. The predicted molar refractivity (Wildman–Crippen MR) is 104 cm³/mol. The second-order valence-electron chi connectivity index (χ2n) is 7.85. The van der Waals surface area contributed by atoms with Crippen molar-refractivity contribution in [2.45, 2.75) is 32.7 Å². The fourth-order valence-electron chi connectivity index (χ4n) is 4.46. The van der Waals surface area contributed by atoms with Gasteiger partial charge in [0.05, 0.1) is 24.3 Å². The van der Waals surface area contributed by atoms with E-state index >= 15 is 0 Å². The van der Waals surface area contributed by atoms with Crippen LogP contribution in [0.5, 0.6) is 5.75 Å². The number of benzene rings is 1. The van der Waals surface area contributed by atoms with E-state index in [1.165, 1.54) is 0 Å². The minimum Gasteiger partial charge on any atom is -0.497 e. The molecule has 4 rings (SSSR count). The predicted octanol–water partition coefficient (Wildman–Crippen LogP) is 2.38. The number of ether oxygens (including phenoxy) is 1. The van der Waals surface area contributed by atoms with E-state index in [9.17, 15) is 9.59 Å². The number of amides is 2. The molecule has 0 bridgehead atoms. The summed E-state index contributed by atoms with van der Waals surface area (Å²) in [6.45, 7) is 4.28. The van der Waals surface area contributed by atoms with Crippen molar-refractivity contribution >= 4 is 11.8 Å². The fraction of sp³-hybridized carbons (Fsp3) is 0.476. The molecule has 148 valence electrons.